The van der Waals surface area contributed by atoms with E-state index in [-0.39, 0.29) is 0 Å². The van der Waals surface area contributed by atoms with E-state index < -0.39 is 5.60 Å². The molecule has 0 amide bonds. The van der Waals surface area contributed by atoms with Crippen LogP contribution in [-0.4, -0.2) is 51.3 Å². The number of hydrogen-bond acceptors (Lipinski definition) is 8. The van der Waals surface area contributed by atoms with Gasteiger partial charge in [-0.25, -0.2) is 15.0 Å². The lowest BCUT2D eigenvalue weighted by atomic mass is 10.1. The zero-order valence-electron chi connectivity index (χ0n) is 13.7. The Kier molecular flexibility index (Phi) is 4.60. The summed E-state index contributed by atoms with van der Waals surface area (Å²) in [6.07, 6.45) is 0.722. The van der Waals surface area contributed by atoms with Crippen molar-refractivity contribution in [3.8, 4) is 0 Å². The molecule has 0 aromatic carbocycles. The van der Waals surface area contributed by atoms with E-state index in [9.17, 15) is 5.11 Å². The summed E-state index contributed by atoms with van der Waals surface area (Å²) in [5.41, 5.74) is 1.37. The quantitative estimate of drug-likeness (QED) is 0.631. The third-order valence-corrected chi connectivity index (χ3v) is 3.09. The zero-order valence-corrected chi connectivity index (χ0v) is 13.7. The lowest BCUT2D eigenvalue weighted by Gasteiger charge is -2.18. The fourth-order valence-corrected chi connectivity index (χ4v) is 1.98. The van der Waals surface area contributed by atoms with Gasteiger partial charge in [-0.05, 0) is 20.3 Å². The monoisotopic (exact) mass is 305 g/mol. The van der Waals surface area contributed by atoms with Crippen molar-refractivity contribution in [2.24, 2.45) is 0 Å². The van der Waals surface area contributed by atoms with Crippen molar-refractivity contribution in [3.05, 3.63) is 5.69 Å². The Morgan fingerprint density at radius 1 is 0.955 bits per heavy atom. The summed E-state index contributed by atoms with van der Waals surface area (Å²) >= 11 is 0. The molecule has 0 saturated carbocycles. The summed E-state index contributed by atoms with van der Waals surface area (Å²) in [5.74, 6) is 1.62. The Morgan fingerprint density at radius 2 is 1.64 bits per heavy atom. The smallest absolute Gasteiger partial charge is 0.225 e. The highest BCUT2D eigenvalue weighted by atomic mass is 16.3. The maximum Gasteiger partial charge on any atom is 0.225 e. The Balaban J connectivity index is 2.54. The molecule has 0 saturated heterocycles. The minimum Gasteiger partial charge on any atom is -0.389 e. The molecule has 0 fully saturated rings. The molecule has 0 aliphatic carbocycles. The lowest BCUT2D eigenvalue weighted by Crippen LogP contribution is -2.30. The summed E-state index contributed by atoms with van der Waals surface area (Å²) in [5, 5.41) is 18.9. The Morgan fingerprint density at radius 3 is 2.18 bits per heavy atom. The second-order valence-electron chi connectivity index (χ2n) is 5.61. The van der Waals surface area contributed by atoms with Crippen LogP contribution in [0.5, 0.6) is 0 Å². The number of anilines is 3. The molecule has 0 aliphatic heterocycles. The largest absolute Gasteiger partial charge is 0.389 e. The van der Waals surface area contributed by atoms with Crippen LogP contribution in [0.4, 0.5) is 17.7 Å². The SMILES string of the molecule is CCc1nc(NCC(C)(C)O)nc2c(NC)nc(NC)nc12. The topological polar surface area (TPSA) is 108 Å². The lowest BCUT2D eigenvalue weighted by molar-refractivity contribution is 0.0943. The third-order valence-electron chi connectivity index (χ3n) is 3.09. The Labute approximate surface area is 129 Å². The Bertz CT molecular complexity index is 666. The number of rotatable bonds is 6. The van der Waals surface area contributed by atoms with Gasteiger partial charge in [0.05, 0.1) is 11.3 Å². The van der Waals surface area contributed by atoms with Crippen molar-refractivity contribution in [2.45, 2.75) is 32.8 Å². The number of aromatic nitrogens is 4. The molecule has 0 bridgehead atoms. The summed E-state index contributed by atoms with van der Waals surface area (Å²) in [7, 11) is 3.56. The van der Waals surface area contributed by atoms with Gasteiger partial charge < -0.3 is 21.1 Å². The molecule has 4 N–H and O–H groups in total. The van der Waals surface area contributed by atoms with Gasteiger partial charge >= 0.3 is 0 Å². The molecule has 2 aromatic rings. The zero-order chi connectivity index (χ0) is 16.3. The van der Waals surface area contributed by atoms with Crippen molar-refractivity contribution in [1.29, 1.82) is 0 Å². The molecular formula is C14H23N7O. The van der Waals surface area contributed by atoms with E-state index >= 15 is 0 Å². The van der Waals surface area contributed by atoms with Crippen LogP contribution in [-0.2, 0) is 6.42 Å². The number of nitrogens with zero attached hydrogens (tertiary/aromatic N) is 4. The van der Waals surface area contributed by atoms with Crippen LogP contribution in [0.15, 0.2) is 0 Å². The first-order valence-electron chi connectivity index (χ1n) is 7.28. The predicted octanol–water partition coefficient (Wildman–Crippen LogP) is 1.25. The Hall–Kier alpha value is -2.22. The minimum absolute atomic E-state index is 0.353. The summed E-state index contributed by atoms with van der Waals surface area (Å²) in [6, 6.07) is 0. The van der Waals surface area contributed by atoms with Gasteiger partial charge in [0.2, 0.25) is 11.9 Å². The van der Waals surface area contributed by atoms with Gasteiger partial charge in [-0.2, -0.15) is 4.98 Å². The molecule has 8 heteroatoms. The van der Waals surface area contributed by atoms with Gasteiger partial charge in [0.1, 0.15) is 11.0 Å². The average molecular weight is 305 g/mol. The second-order valence-corrected chi connectivity index (χ2v) is 5.61. The molecule has 0 radical (unpaired) electrons. The molecule has 8 nitrogen and oxygen atoms in total. The van der Waals surface area contributed by atoms with Crippen LogP contribution in [0.2, 0.25) is 0 Å². The molecule has 2 rings (SSSR count). The summed E-state index contributed by atoms with van der Waals surface area (Å²) < 4.78 is 0. The maximum atomic E-state index is 9.82. The average Bonchev–Trinajstić information content (AvgIpc) is 2.50. The van der Waals surface area contributed by atoms with Crippen molar-refractivity contribution in [2.75, 3.05) is 36.6 Å². The molecular weight excluding hydrogens is 282 g/mol. The number of hydrogen-bond donors (Lipinski definition) is 4. The summed E-state index contributed by atoms with van der Waals surface area (Å²) in [4.78, 5) is 17.8. The number of aryl methyl sites for hydroxylation is 1. The van der Waals surface area contributed by atoms with Gasteiger partial charge in [0, 0.05) is 20.6 Å². The fourth-order valence-electron chi connectivity index (χ4n) is 1.98. The van der Waals surface area contributed by atoms with Crippen molar-refractivity contribution in [3.63, 3.8) is 0 Å². The number of aliphatic hydroxyl groups is 1. The van der Waals surface area contributed by atoms with Crippen LogP contribution >= 0.6 is 0 Å². The van der Waals surface area contributed by atoms with E-state index in [1.807, 2.05) is 6.92 Å². The molecule has 0 atom stereocenters. The van der Waals surface area contributed by atoms with E-state index in [0.29, 0.717) is 29.8 Å². The normalized spacial score (nSPS) is 11.5. The highest BCUT2D eigenvalue weighted by molar-refractivity contribution is 5.88. The van der Waals surface area contributed by atoms with E-state index in [2.05, 4.69) is 35.9 Å². The number of fused-ring (bicyclic) bond motifs is 1. The van der Waals surface area contributed by atoms with E-state index in [1.165, 1.54) is 0 Å². The van der Waals surface area contributed by atoms with Gasteiger partial charge in [-0.1, -0.05) is 6.92 Å². The van der Waals surface area contributed by atoms with Crippen molar-refractivity contribution in [1.82, 2.24) is 19.9 Å². The van der Waals surface area contributed by atoms with Crippen LogP contribution in [0.1, 0.15) is 26.5 Å². The first-order valence-corrected chi connectivity index (χ1v) is 7.28. The second kappa shape index (κ2) is 6.27. The maximum absolute atomic E-state index is 9.82. The molecule has 0 unspecified atom stereocenters. The first kappa shape index (κ1) is 16.2. The van der Waals surface area contributed by atoms with E-state index in [1.54, 1.807) is 27.9 Å². The van der Waals surface area contributed by atoms with Crippen molar-refractivity contribution < 1.29 is 5.11 Å². The molecule has 2 heterocycles. The van der Waals surface area contributed by atoms with Crippen molar-refractivity contribution >= 4 is 28.7 Å². The van der Waals surface area contributed by atoms with E-state index in [4.69, 9.17) is 0 Å². The molecule has 22 heavy (non-hydrogen) atoms. The highest BCUT2D eigenvalue weighted by Crippen LogP contribution is 2.24. The minimum atomic E-state index is -0.844. The van der Waals surface area contributed by atoms with Gasteiger partial charge in [0.25, 0.3) is 0 Å². The molecule has 2 aromatic heterocycles. The third kappa shape index (κ3) is 3.51. The van der Waals surface area contributed by atoms with Gasteiger partial charge in [-0.3, -0.25) is 0 Å². The molecule has 0 aliphatic rings. The molecule has 0 spiro atoms. The van der Waals surface area contributed by atoms with Gasteiger partial charge in [0.15, 0.2) is 5.82 Å². The van der Waals surface area contributed by atoms with E-state index in [0.717, 1.165) is 17.6 Å². The first-order chi connectivity index (χ1) is 10.4. The van der Waals surface area contributed by atoms with Crippen LogP contribution in [0.3, 0.4) is 0 Å². The standard InChI is InChI=1S/C14H23N7O/c1-6-8-9-10(11(15-4)21-12(16-5)19-9)20-13(18-8)17-7-14(2,3)22/h22H,6-7H2,1-5H3,(H,17,18,20)(H2,15,16,19,21). The number of nitrogens with one attached hydrogen (secondary N) is 3. The van der Waals surface area contributed by atoms with Gasteiger partial charge in [-0.15, -0.1) is 0 Å². The fraction of sp³-hybridized carbons (Fsp3) is 0.571. The predicted molar refractivity (Wildman–Crippen MR) is 88.4 cm³/mol. The van der Waals surface area contributed by atoms with Crippen LogP contribution < -0.4 is 16.0 Å². The van der Waals surface area contributed by atoms with Crippen LogP contribution in [0.25, 0.3) is 11.0 Å². The highest BCUT2D eigenvalue weighted by Gasteiger charge is 2.16. The van der Waals surface area contributed by atoms with Crippen LogP contribution in [0, 0.1) is 0 Å². The summed E-state index contributed by atoms with van der Waals surface area (Å²) in [6.45, 7) is 5.82. The molecule has 120 valence electrons.